The van der Waals surface area contributed by atoms with E-state index >= 15 is 0 Å². The van der Waals surface area contributed by atoms with Crippen LogP contribution in [0.3, 0.4) is 0 Å². The number of anilines is 3. The fraction of sp³-hybridized carbons (Fsp3) is 0.0746. The van der Waals surface area contributed by atoms with Crippen molar-refractivity contribution >= 4 is 33.4 Å². The molecule has 0 bridgehead atoms. The predicted octanol–water partition coefficient (Wildman–Crippen LogP) is 18.5. The lowest BCUT2D eigenvalue weighted by molar-refractivity contribution is 0.656. The molecule has 0 aliphatic heterocycles. The van der Waals surface area contributed by atoms with Gasteiger partial charge in [-0.2, -0.15) is 0 Å². The van der Waals surface area contributed by atoms with Crippen LogP contribution < -0.4 is 4.90 Å². The zero-order chi connectivity index (χ0) is 45.8. The van der Waals surface area contributed by atoms with Gasteiger partial charge in [-0.05, 0) is 144 Å². The summed E-state index contributed by atoms with van der Waals surface area (Å²) >= 11 is 0. The van der Waals surface area contributed by atoms with Gasteiger partial charge in [0.15, 0.2) is 0 Å². The Hall–Kier alpha value is -8.26. The second-order valence-corrected chi connectivity index (χ2v) is 19.0. The number of allylic oxidation sites excluding steroid dienone is 4. The van der Waals surface area contributed by atoms with Crippen LogP contribution in [0, 0.1) is 5.41 Å². The lowest BCUT2D eigenvalue weighted by Gasteiger charge is -2.30. The molecule has 0 radical (unpaired) electrons. The molecule has 1 unspecified atom stereocenters. The van der Waals surface area contributed by atoms with Crippen LogP contribution in [0.15, 0.2) is 254 Å². The first-order chi connectivity index (χ1) is 33.4. The number of hydrogen-bond donors (Lipinski definition) is 0. The maximum absolute atomic E-state index is 2.51. The third-order valence-electron chi connectivity index (χ3n) is 14.3. The normalized spacial score (nSPS) is 14.5. The Bertz CT molecular complexity index is 3570. The van der Waals surface area contributed by atoms with E-state index in [1.54, 1.807) is 0 Å². The van der Waals surface area contributed by atoms with Gasteiger partial charge in [0, 0.05) is 28.3 Å². The molecule has 0 saturated heterocycles. The van der Waals surface area contributed by atoms with E-state index in [0.29, 0.717) is 0 Å². The first-order valence-electron chi connectivity index (χ1n) is 23.9. The summed E-state index contributed by atoms with van der Waals surface area (Å²) in [6, 6.07) is 87.5. The van der Waals surface area contributed by atoms with E-state index in [1.165, 1.54) is 94.2 Å². The number of benzene rings is 10. The third kappa shape index (κ3) is 7.28. The lowest BCUT2D eigenvalue weighted by Crippen LogP contribution is -2.13. The van der Waals surface area contributed by atoms with E-state index < -0.39 is 0 Å². The highest BCUT2D eigenvalue weighted by Gasteiger charge is 2.37. The van der Waals surface area contributed by atoms with Crippen molar-refractivity contribution in [2.45, 2.75) is 26.7 Å². The van der Waals surface area contributed by atoms with Crippen molar-refractivity contribution in [3.05, 3.63) is 277 Å². The SMILES string of the molecule is CC1=C(c2ccccc2C2c3ccccc3-c3c2cccc3N(c2ccc(-c3ccc4ccccc4c3)cc2)c2cc(-c3ccccc3)cc(-c3ccc(-c4ccccc4)cc3)c2)C(C)(C)C=C1. The van der Waals surface area contributed by atoms with E-state index in [2.05, 4.69) is 274 Å². The largest absolute Gasteiger partial charge is 0.310 e. The van der Waals surface area contributed by atoms with Gasteiger partial charge >= 0.3 is 0 Å². The van der Waals surface area contributed by atoms with Crippen LogP contribution in [0.2, 0.25) is 0 Å². The zero-order valence-electron chi connectivity index (χ0n) is 38.7. The van der Waals surface area contributed by atoms with E-state index in [0.717, 1.165) is 22.6 Å². The molecule has 12 rings (SSSR count). The van der Waals surface area contributed by atoms with Gasteiger partial charge in [-0.25, -0.2) is 0 Å². The smallest absolute Gasteiger partial charge is 0.0543 e. The molecule has 0 spiro atoms. The minimum Gasteiger partial charge on any atom is -0.310 e. The molecule has 1 atom stereocenters. The minimum atomic E-state index is -0.0673. The summed E-state index contributed by atoms with van der Waals surface area (Å²) in [5.41, 5.74) is 23.4. The Kier molecular flexibility index (Phi) is 10.2. The highest BCUT2D eigenvalue weighted by molar-refractivity contribution is 5.97. The summed E-state index contributed by atoms with van der Waals surface area (Å²) in [6.45, 7) is 6.96. The number of rotatable bonds is 9. The van der Waals surface area contributed by atoms with Gasteiger partial charge in [0.05, 0.1) is 5.69 Å². The maximum atomic E-state index is 2.51. The Balaban J connectivity index is 1.07. The van der Waals surface area contributed by atoms with Crippen molar-refractivity contribution in [2.24, 2.45) is 5.41 Å². The number of fused-ring (bicyclic) bond motifs is 4. The van der Waals surface area contributed by atoms with Crippen molar-refractivity contribution in [1.29, 1.82) is 0 Å². The summed E-state index contributed by atoms with van der Waals surface area (Å²) in [5.74, 6) is 0.0560. The summed E-state index contributed by atoms with van der Waals surface area (Å²) in [6.07, 6.45) is 4.67. The topological polar surface area (TPSA) is 3.24 Å². The lowest BCUT2D eigenvalue weighted by atomic mass is 9.76. The van der Waals surface area contributed by atoms with Gasteiger partial charge in [-0.15, -0.1) is 0 Å². The van der Waals surface area contributed by atoms with Crippen molar-refractivity contribution in [3.8, 4) is 55.6 Å². The standard InChI is InChI=1S/C67H51N/c1-45-39-40-67(2,3)66(45)61-26-15-14-25-60(61)64-58-23-12-13-24-59(58)65-62(64)27-16-28-63(65)68(56-37-35-50(36-38-56)53-34-33-48-21-10-11-22-52(48)41-53)57-43-54(47-19-8-5-9-20-47)42-55(44-57)51-31-29-49(30-32-51)46-17-6-4-7-18-46/h4-44,64H,1-3H3. The highest BCUT2D eigenvalue weighted by Crippen LogP contribution is 2.56. The van der Waals surface area contributed by atoms with Gasteiger partial charge in [0.25, 0.3) is 0 Å². The highest BCUT2D eigenvalue weighted by atomic mass is 15.1. The quantitative estimate of drug-likeness (QED) is 0.140. The van der Waals surface area contributed by atoms with Crippen molar-refractivity contribution in [1.82, 2.24) is 0 Å². The average Bonchev–Trinajstić information content (AvgIpc) is 3.88. The first kappa shape index (κ1) is 41.2. The molecule has 10 aromatic rings. The Morgan fingerprint density at radius 1 is 0.368 bits per heavy atom. The van der Waals surface area contributed by atoms with Gasteiger partial charge in [0.2, 0.25) is 0 Å². The second-order valence-electron chi connectivity index (χ2n) is 19.0. The zero-order valence-corrected chi connectivity index (χ0v) is 38.7. The average molecular weight is 870 g/mol. The van der Waals surface area contributed by atoms with Crippen LogP contribution in [0.1, 0.15) is 48.9 Å². The van der Waals surface area contributed by atoms with E-state index in [-0.39, 0.29) is 11.3 Å². The van der Waals surface area contributed by atoms with Crippen LogP contribution in [-0.4, -0.2) is 0 Å². The third-order valence-corrected chi connectivity index (χ3v) is 14.3. The molecule has 1 nitrogen and oxygen atoms in total. The second kappa shape index (κ2) is 16.9. The summed E-state index contributed by atoms with van der Waals surface area (Å²) in [5, 5.41) is 2.49. The molecule has 0 N–H and O–H groups in total. The molecule has 10 aromatic carbocycles. The minimum absolute atomic E-state index is 0.0560. The van der Waals surface area contributed by atoms with E-state index in [9.17, 15) is 0 Å². The molecule has 2 aliphatic rings. The van der Waals surface area contributed by atoms with Gasteiger partial charge in [0.1, 0.15) is 0 Å². The van der Waals surface area contributed by atoms with Gasteiger partial charge in [-0.1, -0.05) is 220 Å². The van der Waals surface area contributed by atoms with Crippen molar-refractivity contribution in [3.63, 3.8) is 0 Å². The summed E-state index contributed by atoms with van der Waals surface area (Å²) in [4.78, 5) is 2.51. The molecule has 0 fully saturated rings. The molecule has 2 aliphatic carbocycles. The fourth-order valence-electron chi connectivity index (χ4n) is 11.1. The van der Waals surface area contributed by atoms with Gasteiger partial charge in [-0.3, -0.25) is 0 Å². The molecule has 0 heterocycles. The monoisotopic (exact) mass is 869 g/mol. The summed E-state index contributed by atoms with van der Waals surface area (Å²) in [7, 11) is 0. The van der Waals surface area contributed by atoms with Crippen LogP contribution in [0.25, 0.3) is 72.0 Å². The molecular weight excluding hydrogens is 819 g/mol. The number of nitrogens with zero attached hydrogens (tertiary/aromatic N) is 1. The Morgan fingerprint density at radius 2 is 0.868 bits per heavy atom. The number of hydrogen-bond acceptors (Lipinski definition) is 1. The van der Waals surface area contributed by atoms with Crippen LogP contribution in [0.5, 0.6) is 0 Å². The van der Waals surface area contributed by atoms with Crippen LogP contribution >= 0.6 is 0 Å². The first-order valence-corrected chi connectivity index (χ1v) is 23.9. The molecule has 0 aromatic heterocycles. The van der Waals surface area contributed by atoms with Gasteiger partial charge < -0.3 is 4.90 Å². The maximum Gasteiger partial charge on any atom is 0.0543 e. The van der Waals surface area contributed by atoms with Crippen molar-refractivity contribution in [2.75, 3.05) is 4.90 Å². The van der Waals surface area contributed by atoms with Crippen molar-refractivity contribution < 1.29 is 0 Å². The molecule has 324 valence electrons. The van der Waals surface area contributed by atoms with E-state index in [1.807, 2.05) is 0 Å². The molecule has 0 amide bonds. The Labute approximate surface area is 400 Å². The molecule has 1 heteroatoms. The fourth-order valence-corrected chi connectivity index (χ4v) is 11.1. The summed E-state index contributed by atoms with van der Waals surface area (Å²) < 4.78 is 0. The molecule has 0 saturated carbocycles. The van der Waals surface area contributed by atoms with E-state index in [4.69, 9.17) is 0 Å². The van der Waals surface area contributed by atoms with Crippen LogP contribution in [-0.2, 0) is 0 Å². The predicted molar refractivity (Wildman–Crippen MR) is 289 cm³/mol. The Morgan fingerprint density at radius 3 is 1.53 bits per heavy atom. The van der Waals surface area contributed by atoms with Crippen LogP contribution in [0.4, 0.5) is 17.1 Å². The molecular formula is C67H51N. The molecule has 68 heavy (non-hydrogen) atoms.